The largest absolute Gasteiger partial charge is 0.480 e. The number of carboxylic acid groups (broad SMARTS) is 1. The molecule has 1 aromatic rings. The molecular formula is C9H11BrN2O3S. The van der Waals surface area contributed by atoms with Gasteiger partial charge in [-0.3, -0.25) is 4.79 Å². The summed E-state index contributed by atoms with van der Waals surface area (Å²) in [6, 6.07) is 2.39. The van der Waals surface area contributed by atoms with Crippen molar-refractivity contribution >= 4 is 39.3 Å². The summed E-state index contributed by atoms with van der Waals surface area (Å²) in [5, 5.41) is 13.4. The minimum Gasteiger partial charge on any atom is -0.480 e. The van der Waals surface area contributed by atoms with Crippen LogP contribution >= 0.6 is 27.3 Å². The molecule has 0 spiro atoms. The summed E-state index contributed by atoms with van der Waals surface area (Å²) in [6.45, 7) is 1.79. The second-order valence-corrected chi connectivity index (χ2v) is 5.64. The Morgan fingerprint density at radius 2 is 2.25 bits per heavy atom. The summed E-state index contributed by atoms with van der Waals surface area (Å²) in [4.78, 5) is 22.7. The number of nitrogens with one attached hydrogen (secondary N) is 2. The van der Waals surface area contributed by atoms with Crippen molar-refractivity contribution in [2.24, 2.45) is 0 Å². The van der Waals surface area contributed by atoms with Crippen LogP contribution < -0.4 is 10.6 Å². The van der Waals surface area contributed by atoms with E-state index >= 15 is 0 Å². The lowest BCUT2D eigenvalue weighted by atomic mass is 10.3. The highest BCUT2D eigenvalue weighted by Gasteiger charge is 2.13. The predicted molar refractivity (Wildman–Crippen MR) is 64.5 cm³/mol. The lowest BCUT2D eigenvalue weighted by molar-refractivity contribution is -0.138. The third-order valence-corrected chi connectivity index (χ3v) is 3.39. The van der Waals surface area contributed by atoms with Crippen molar-refractivity contribution in [3.63, 3.8) is 0 Å². The van der Waals surface area contributed by atoms with E-state index in [1.807, 2.05) is 12.1 Å². The number of hydrogen-bond donors (Lipinski definition) is 3. The molecule has 0 radical (unpaired) electrons. The molecule has 0 aliphatic heterocycles. The van der Waals surface area contributed by atoms with E-state index in [0.717, 1.165) is 8.66 Å². The van der Waals surface area contributed by atoms with Crippen LogP contribution in [-0.4, -0.2) is 23.1 Å². The Bertz CT molecular complexity index is 394. The van der Waals surface area contributed by atoms with Crippen LogP contribution in [0, 0.1) is 0 Å². The number of urea groups is 1. The quantitative estimate of drug-likeness (QED) is 0.793. The average molecular weight is 307 g/mol. The Morgan fingerprint density at radius 1 is 1.56 bits per heavy atom. The molecule has 5 nitrogen and oxygen atoms in total. The van der Waals surface area contributed by atoms with Crippen molar-refractivity contribution in [3.8, 4) is 0 Å². The predicted octanol–water partition coefficient (Wildman–Crippen LogP) is 1.78. The van der Waals surface area contributed by atoms with Gasteiger partial charge in [-0.2, -0.15) is 0 Å². The molecule has 0 saturated heterocycles. The van der Waals surface area contributed by atoms with E-state index in [1.165, 1.54) is 18.3 Å². The van der Waals surface area contributed by atoms with Gasteiger partial charge in [0.1, 0.15) is 6.04 Å². The lowest BCUT2D eigenvalue weighted by Crippen LogP contribution is -2.43. The van der Waals surface area contributed by atoms with Gasteiger partial charge in [0.05, 0.1) is 10.3 Å². The van der Waals surface area contributed by atoms with Gasteiger partial charge in [0.25, 0.3) is 0 Å². The fraction of sp³-hybridized carbons (Fsp3) is 0.333. The van der Waals surface area contributed by atoms with E-state index in [-0.39, 0.29) is 0 Å². The fourth-order valence-electron chi connectivity index (χ4n) is 0.924. The van der Waals surface area contributed by atoms with E-state index in [0.29, 0.717) is 6.54 Å². The highest BCUT2D eigenvalue weighted by molar-refractivity contribution is 9.11. The van der Waals surface area contributed by atoms with Gasteiger partial charge in [0.15, 0.2) is 0 Å². The molecule has 1 aromatic heterocycles. The number of amides is 2. The van der Waals surface area contributed by atoms with Crippen molar-refractivity contribution in [3.05, 3.63) is 20.8 Å². The van der Waals surface area contributed by atoms with Crippen LogP contribution in [0.1, 0.15) is 11.8 Å². The maximum Gasteiger partial charge on any atom is 0.325 e. The van der Waals surface area contributed by atoms with E-state index in [1.54, 1.807) is 0 Å². The molecule has 0 unspecified atom stereocenters. The van der Waals surface area contributed by atoms with Gasteiger partial charge in [-0.15, -0.1) is 11.3 Å². The van der Waals surface area contributed by atoms with Gasteiger partial charge in [-0.25, -0.2) is 4.79 Å². The van der Waals surface area contributed by atoms with Crippen LogP contribution in [0.25, 0.3) is 0 Å². The smallest absolute Gasteiger partial charge is 0.325 e. The van der Waals surface area contributed by atoms with E-state index < -0.39 is 18.0 Å². The Morgan fingerprint density at radius 3 is 2.75 bits per heavy atom. The van der Waals surface area contributed by atoms with Crippen molar-refractivity contribution in [2.45, 2.75) is 19.5 Å². The van der Waals surface area contributed by atoms with Crippen molar-refractivity contribution < 1.29 is 14.7 Å². The molecule has 0 fully saturated rings. The molecule has 2 amide bonds. The van der Waals surface area contributed by atoms with Gasteiger partial charge in [0.2, 0.25) is 0 Å². The summed E-state index contributed by atoms with van der Waals surface area (Å²) in [5.74, 6) is -1.06. The first-order valence-electron chi connectivity index (χ1n) is 4.50. The lowest BCUT2D eigenvalue weighted by Gasteiger charge is -2.09. The van der Waals surface area contributed by atoms with Crippen LogP contribution in [0.4, 0.5) is 4.79 Å². The van der Waals surface area contributed by atoms with Gasteiger partial charge < -0.3 is 15.7 Å². The SMILES string of the molecule is C[C@H](NC(=O)NCc1ccc(Br)s1)C(=O)O. The number of hydrogen-bond acceptors (Lipinski definition) is 3. The average Bonchev–Trinajstić information content (AvgIpc) is 2.61. The van der Waals surface area contributed by atoms with E-state index in [9.17, 15) is 9.59 Å². The summed E-state index contributed by atoms with van der Waals surface area (Å²) < 4.78 is 0.989. The van der Waals surface area contributed by atoms with Gasteiger partial charge in [-0.05, 0) is 35.0 Å². The second-order valence-electron chi connectivity index (χ2n) is 3.09. The highest BCUT2D eigenvalue weighted by atomic mass is 79.9. The Hall–Kier alpha value is -1.08. The zero-order valence-corrected chi connectivity index (χ0v) is 10.9. The summed E-state index contributed by atoms with van der Waals surface area (Å²) in [7, 11) is 0. The Kier molecular flexibility index (Phi) is 4.75. The molecule has 3 N–H and O–H groups in total. The number of aliphatic carboxylic acids is 1. The Labute approximate surface area is 105 Å². The monoisotopic (exact) mass is 306 g/mol. The van der Waals surface area contributed by atoms with Gasteiger partial charge >= 0.3 is 12.0 Å². The number of carbonyl (C=O) groups is 2. The van der Waals surface area contributed by atoms with E-state index in [4.69, 9.17) is 5.11 Å². The van der Waals surface area contributed by atoms with Gasteiger partial charge in [-0.1, -0.05) is 0 Å². The van der Waals surface area contributed by atoms with Crippen LogP contribution in [-0.2, 0) is 11.3 Å². The number of carboxylic acids is 1. The van der Waals surface area contributed by atoms with Crippen LogP contribution in [0.15, 0.2) is 15.9 Å². The molecule has 1 rings (SSSR count). The molecule has 0 bridgehead atoms. The fourth-order valence-corrected chi connectivity index (χ4v) is 2.35. The maximum absolute atomic E-state index is 11.2. The molecule has 16 heavy (non-hydrogen) atoms. The third kappa shape index (κ3) is 4.19. The van der Waals surface area contributed by atoms with Crippen LogP contribution in [0.2, 0.25) is 0 Å². The normalized spacial score (nSPS) is 11.9. The molecule has 0 aliphatic rings. The zero-order chi connectivity index (χ0) is 12.1. The van der Waals surface area contributed by atoms with Gasteiger partial charge in [0, 0.05) is 4.88 Å². The topological polar surface area (TPSA) is 78.4 Å². The Balaban J connectivity index is 2.33. The first-order chi connectivity index (χ1) is 7.49. The molecule has 7 heteroatoms. The maximum atomic E-state index is 11.2. The molecule has 0 saturated carbocycles. The zero-order valence-electron chi connectivity index (χ0n) is 8.49. The first-order valence-corrected chi connectivity index (χ1v) is 6.11. The molecule has 1 atom stereocenters. The van der Waals surface area contributed by atoms with E-state index in [2.05, 4.69) is 26.6 Å². The van der Waals surface area contributed by atoms with Crippen molar-refractivity contribution in [1.82, 2.24) is 10.6 Å². The minimum absolute atomic E-state index is 0.383. The van der Waals surface area contributed by atoms with Crippen LogP contribution in [0.5, 0.6) is 0 Å². The standard InChI is InChI=1S/C9H11BrN2O3S/c1-5(8(13)14)12-9(15)11-4-6-2-3-7(10)16-6/h2-3,5H,4H2,1H3,(H,13,14)(H2,11,12,15)/t5-/m0/s1. The van der Waals surface area contributed by atoms with Crippen molar-refractivity contribution in [2.75, 3.05) is 0 Å². The molecule has 88 valence electrons. The number of halogens is 1. The third-order valence-electron chi connectivity index (χ3n) is 1.77. The second kappa shape index (κ2) is 5.86. The highest BCUT2D eigenvalue weighted by Crippen LogP contribution is 2.21. The first kappa shape index (κ1) is 13.0. The number of carbonyl (C=O) groups excluding carboxylic acids is 1. The minimum atomic E-state index is -1.06. The number of rotatable bonds is 4. The molecule has 0 aliphatic carbocycles. The summed E-state index contributed by atoms with van der Waals surface area (Å²) in [6.07, 6.45) is 0. The van der Waals surface area contributed by atoms with Crippen molar-refractivity contribution in [1.29, 1.82) is 0 Å². The van der Waals surface area contributed by atoms with Crippen LogP contribution in [0.3, 0.4) is 0 Å². The summed E-state index contributed by atoms with van der Waals surface area (Å²) in [5.41, 5.74) is 0. The molecule has 1 heterocycles. The molecular weight excluding hydrogens is 296 g/mol. The summed E-state index contributed by atoms with van der Waals surface area (Å²) >= 11 is 4.82. The number of thiophene rings is 1. The molecule has 0 aromatic carbocycles.